The average molecular weight is 433 g/mol. The van der Waals surface area contributed by atoms with Gasteiger partial charge in [0.2, 0.25) is 5.91 Å². The summed E-state index contributed by atoms with van der Waals surface area (Å²) in [5.74, 6) is -0.837. The molecule has 0 bridgehead atoms. The van der Waals surface area contributed by atoms with Crippen LogP contribution in [-0.4, -0.2) is 65.4 Å². The molecule has 0 unspecified atom stereocenters. The number of ether oxygens (including phenoxy) is 2. The van der Waals surface area contributed by atoms with Gasteiger partial charge in [-0.15, -0.1) is 0 Å². The van der Waals surface area contributed by atoms with Crippen molar-refractivity contribution >= 4 is 18.0 Å². The summed E-state index contributed by atoms with van der Waals surface area (Å²) in [6.45, 7) is 5.70. The van der Waals surface area contributed by atoms with E-state index in [1.54, 1.807) is 20.8 Å². The molecule has 0 spiro atoms. The lowest BCUT2D eigenvalue weighted by atomic mass is 10.0. The zero-order chi connectivity index (χ0) is 23.0. The van der Waals surface area contributed by atoms with E-state index in [9.17, 15) is 19.5 Å². The Kier molecular flexibility index (Phi) is 8.62. The van der Waals surface area contributed by atoms with Crippen molar-refractivity contribution in [1.82, 2.24) is 10.2 Å². The van der Waals surface area contributed by atoms with Crippen LogP contribution >= 0.6 is 0 Å². The molecule has 1 aliphatic rings. The largest absolute Gasteiger partial charge is 0.467 e. The number of alkyl carbamates (subject to hydrolysis) is 1. The van der Waals surface area contributed by atoms with Gasteiger partial charge in [0.05, 0.1) is 19.3 Å². The molecule has 2 N–H and O–H groups in total. The zero-order valence-electron chi connectivity index (χ0n) is 18.5. The highest BCUT2D eigenvalue weighted by Crippen LogP contribution is 2.19. The molecule has 1 aliphatic heterocycles. The molecule has 2 amide bonds. The Morgan fingerprint density at radius 1 is 1.26 bits per heavy atom. The second-order valence-corrected chi connectivity index (χ2v) is 8.50. The van der Waals surface area contributed by atoms with Gasteiger partial charge in [0.15, 0.2) is 0 Å². The van der Waals surface area contributed by atoms with Crippen LogP contribution in [0.5, 0.6) is 0 Å². The molecule has 2 rings (SSSR count). The molecular formula is C23H32N2O6. The van der Waals surface area contributed by atoms with Crippen LogP contribution in [0, 0.1) is 0 Å². The van der Waals surface area contributed by atoms with E-state index in [4.69, 9.17) is 9.47 Å². The molecule has 0 aromatic heterocycles. The van der Waals surface area contributed by atoms with E-state index in [1.807, 2.05) is 30.3 Å². The van der Waals surface area contributed by atoms with Gasteiger partial charge in [-0.3, -0.25) is 4.79 Å². The quantitative estimate of drug-likeness (QED) is 0.506. The highest BCUT2D eigenvalue weighted by molar-refractivity contribution is 5.92. The van der Waals surface area contributed by atoms with Crippen molar-refractivity contribution in [3.8, 4) is 0 Å². The number of carbonyl (C=O) groups is 3. The van der Waals surface area contributed by atoms with Crippen molar-refractivity contribution in [3.05, 3.63) is 48.0 Å². The number of hydrogen-bond donors (Lipinski definition) is 2. The van der Waals surface area contributed by atoms with Crippen LogP contribution in [-0.2, 0) is 25.5 Å². The number of esters is 1. The van der Waals surface area contributed by atoms with Gasteiger partial charge in [-0.25, -0.2) is 9.59 Å². The minimum Gasteiger partial charge on any atom is -0.467 e. The third kappa shape index (κ3) is 7.71. The van der Waals surface area contributed by atoms with E-state index < -0.39 is 35.9 Å². The molecule has 1 heterocycles. The molecule has 31 heavy (non-hydrogen) atoms. The van der Waals surface area contributed by atoms with Crippen LogP contribution in [0.4, 0.5) is 4.79 Å². The molecule has 0 saturated carbocycles. The highest BCUT2D eigenvalue weighted by atomic mass is 16.6. The minimum atomic E-state index is -1.14. The second kappa shape index (κ2) is 10.9. The van der Waals surface area contributed by atoms with Crippen molar-refractivity contribution in [2.24, 2.45) is 0 Å². The first-order chi connectivity index (χ1) is 14.6. The van der Waals surface area contributed by atoms with E-state index in [2.05, 4.69) is 5.32 Å². The van der Waals surface area contributed by atoms with Crippen molar-refractivity contribution in [2.75, 3.05) is 13.7 Å². The monoisotopic (exact) mass is 432 g/mol. The fraction of sp³-hybridized carbons (Fsp3) is 0.522. The maximum absolute atomic E-state index is 12.6. The Labute approximate surface area is 183 Å². The second-order valence-electron chi connectivity index (χ2n) is 8.50. The molecule has 0 aliphatic carbocycles. The molecule has 1 saturated heterocycles. The van der Waals surface area contributed by atoms with Crippen molar-refractivity contribution in [3.63, 3.8) is 0 Å². The number of nitrogens with one attached hydrogen (secondary N) is 1. The normalized spacial score (nSPS) is 18.5. The van der Waals surface area contributed by atoms with Crippen LogP contribution < -0.4 is 5.32 Å². The van der Waals surface area contributed by atoms with E-state index in [0.29, 0.717) is 25.8 Å². The third-order valence-electron chi connectivity index (χ3n) is 4.86. The Morgan fingerprint density at radius 2 is 1.94 bits per heavy atom. The lowest BCUT2D eigenvalue weighted by Crippen LogP contribution is -2.46. The Morgan fingerprint density at radius 3 is 2.55 bits per heavy atom. The Bertz CT molecular complexity index is 787. The minimum absolute atomic E-state index is 0.342. The number of carbonyl (C=O) groups excluding carboxylic acids is 3. The Balaban J connectivity index is 2.10. The van der Waals surface area contributed by atoms with E-state index in [1.165, 1.54) is 24.2 Å². The summed E-state index contributed by atoms with van der Waals surface area (Å²) in [7, 11) is 1.29. The van der Waals surface area contributed by atoms with E-state index in [0.717, 1.165) is 5.56 Å². The topological polar surface area (TPSA) is 105 Å². The maximum Gasteiger partial charge on any atom is 0.407 e. The van der Waals surface area contributed by atoms with Gasteiger partial charge in [-0.05, 0) is 51.7 Å². The lowest BCUT2D eigenvalue weighted by Gasteiger charge is -2.26. The van der Waals surface area contributed by atoms with Crippen LogP contribution in [0.3, 0.4) is 0 Å². The van der Waals surface area contributed by atoms with Crippen molar-refractivity contribution in [2.45, 2.75) is 63.8 Å². The summed E-state index contributed by atoms with van der Waals surface area (Å²) in [4.78, 5) is 38.1. The SMILES string of the molecule is COC(=O)[C@@H]1CCCN1C(=O)/C=C/[C@H](O)[C@H](Cc1ccccc1)NC(=O)OC(C)(C)C. The molecule has 170 valence electrons. The lowest BCUT2D eigenvalue weighted by molar-refractivity contribution is -0.149. The summed E-state index contributed by atoms with van der Waals surface area (Å²) in [6.07, 6.45) is 2.37. The summed E-state index contributed by atoms with van der Waals surface area (Å²) in [6, 6.07) is 8.06. The fourth-order valence-corrected chi connectivity index (χ4v) is 3.41. The number of rotatable bonds is 7. The summed E-state index contributed by atoms with van der Waals surface area (Å²) >= 11 is 0. The molecule has 1 fully saturated rings. The molecule has 1 aromatic rings. The number of aliphatic hydroxyl groups excluding tert-OH is 1. The predicted octanol–water partition coefficient (Wildman–Crippen LogP) is 2.20. The van der Waals surface area contributed by atoms with Gasteiger partial charge in [0.25, 0.3) is 0 Å². The molecule has 3 atom stereocenters. The smallest absolute Gasteiger partial charge is 0.407 e. The average Bonchev–Trinajstić information content (AvgIpc) is 3.20. The van der Waals surface area contributed by atoms with Crippen molar-refractivity contribution < 1.29 is 29.0 Å². The van der Waals surface area contributed by atoms with Crippen LogP contribution in [0.1, 0.15) is 39.2 Å². The number of amides is 2. The number of nitrogens with zero attached hydrogens (tertiary/aromatic N) is 1. The van der Waals surface area contributed by atoms with Gasteiger partial charge in [0.1, 0.15) is 11.6 Å². The summed E-state index contributed by atoms with van der Waals surface area (Å²) < 4.78 is 10.1. The molecule has 1 aromatic carbocycles. The van der Waals surface area contributed by atoms with Crippen LogP contribution in [0.2, 0.25) is 0 Å². The van der Waals surface area contributed by atoms with Crippen LogP contribution in [0.15, 0.2) is 42.5 Å². The van der Waals surface area contributed by atoms with Crippen LogP contribution in [0.25, 0.3) is 0 Å². The number of methoxy groups -OCH3 is 1. The molecule has 0 radical (unpaired) electrons. The number of aliphatic hydroxyl groups is 1. The maximum atomic E-state index is 12.6. The molecule has 8 nitrogen and oxygen atoms in total. The van der Waals surface area contributed by atoms with Crippen molar-refractivity contribution in [1.29, 1.82) is 0 Å². The van der Waals surface area contributed by atoms with E-state index in [-0.39, 0.29) is 5.91 Å². The standard InChI is InChI=1S/C23H32N2O6/c1-23(2,3)31-22(29)24-17(15-16-9-6-5-7-10-16)19(26)12-13-20(27)25-14-8-11-18(25)21(28)30-4/h5-7,9-10,12-13,17-19,26H,8,11,14-15H2,1-4H3,(H,24,29)/b13-12+/t17-,18-,19-/m0/s1. The number of benzene rings is 1. The molecular weight excluding hydrogens is 400 g/mol. The third-order valence-corrected chi connectivity index (χ3v) is 4.86. The zero-order valence-corrected chi connectivity index (χ0v) is 18.5. The van der Waals surface area contributed by atoms with Gasteiger partial charge in [-0.2, -0.15) is 0 Å². The van der Waals surface area contributed by atoms with Gasteiger partial charge in [0, 0.05) is 12.6 Å². The predicted molar refractivity (Wildman–Crippen MR) is 115 cm³/mol. The Hall–Kier alpha value is -2.87. The number of likely N-dealkylation sites (tertiary alicyclic amines) is 1. The first-order valence-electron chi connectivity index (χ1n) is 10.4. The number of hydrogen-bond acceptors (Lipinski definition) is 6. The summed E-state index contributed by atoms with van der Waals surface area (Å²) in [5, 5.41) is 13.4. The van der Waals surface area contributed by atoms with Gasteiger partial charge >= 0.3 is 12.1 Å². The highest BCUT2D eigenvalue weighted by Gasteiger charge is 2.34. The first-order valence-corrected chi connectivity index (χ1v) is 10.4. The van der Waals surface area contributed by atoms with Gasteiger partial charge in [-0.1, -0.05) is 30.3 Å². The first kappa shape index (κ1) is 24.4. The molecule has 8 heteroatoms. The van der Waals surface area contributed by atoms with Gasteiger partial charge < -0.3 is 24.8 Å². The van der Waals surface area contributed by atoms with E-state index >= 15 is 0 Å². The fourth-order valence-electron chi connectivity index (χ4n) is 3.41. The summed E-state index contributed by atoms with van der Waals surface area (Å²) in [5.41, 5.74) is 0.226.